The smallest absolute Gasteiger partial charge is 0.307 e. The average molecular weight is 223 g/mol. The lowest BCUT2D eigenvalue weighted by Crippen LogP contribution is -2.26. The Hall–Kier alpha value is -1.39. The molecule has 0 fully saturated rings. The quantitative estimate of drug-likeness (QED) is 0.777. The zero-order chi connectivity index (χ0) is 11.9. The summed E-state index contributed by atoms with van der Waals surface area (Å²) >= 11 is 0. The highest BCUT2D eigenvalue weighted by molar-refractivity contribution is 5.70. The molecule has 1 atom stereocenters. The lowest BCUT2D eigenvalue weighted by atomic mass is 9.96. The molecule has 0 saturated carbocycles. The molecule has 0 bridgehead atoms. The first kappa shape index (κ1) is 11.1. The van der Waals surface area contributed by atoms with E-state index in [9.17, 15) is 4.79 Å². The van der Waals surface area contributed by atoms with Gasteiger partial charge >= 0.3 is 5.97 Å². The van der Waals surface area contributed by atoms with Crippen LogP contribution in [0.25, 0.3) is 0 Å². The van der Waals surface area contributed by atoms with Gasteiger partial charge in [0.2, 0.25) is 0 Å². The Bertz CT molecular complexity index is 417. The molecule has 2 rings (SSSR count). The Morgan fingerprint density at radius 2 is 2.19 bits per heavy atom. The van der Waals surface area contributed by atoms with Crippen LogP contribution < -0.4 is 0 Å². The summed E-state index contributed by atoms with van der Waals surface area (Å²) in [5, 5.41) is 13.4. The molecule has 2 heterocycles. The predicted molar refractivity (Wildman–Crippen MR) is 58.2 cm³/mol. The molecule has 0 radical (unpaired) electrons. The maximum Gasteiger partial charge on any atom is 0.307 e. The van der Waals surface area contributed by atoms with Crippen LogP contribution in [0.15, 0.2) is 0 Å². The van der Waals surface area contributed by atoms with Crippen molar-refractivity contribution in [1.29, 1.82) is 0 Å². The van der Waals surface area contributed by atoms with Crippen LogP contribution in [0.3, 0.4) is 0 Å². The maximum atomic E-state index is 10.9. The summed E-state index contributed by atoms with van der Waals surface area (Å²) in [7, 11) is 0. The molecule has 1 N–H and O–H groups in total. The monoisotopic (exact) mass is 223 g/mol. The number of aryl methyl sites for hydroxylation is 1. The highest BCUT2D eigenvalue weighted by atomic mass is 16.4. The Kier molecular flexibility index (Phi) is 2.48. The van der Waals surface area contributed by atoms with Crippen molar-refractivity contribution in [3.8, 4) is 0 Å². The second-order valence-corrected chi connectivity index (χ2v) is 5.35. The summed E-state index contributed by atoms with van der Waals surface area (Å²) in [5.74, 6) is 0.577. The first-order chi connectivity index (χ1) is 7.38. The normalized spacial score (nSPS) is 20.6. The Labute approximate surface area is 94.5 Å². The number of hydrogen-bond acceptors (Lipinski definition) is 3. The van der Waals surface area contributed by atoms with Gasteiger partial charge in [0.25, 0.3) is 0 Å². The number of nitrogens with zero attached hydrogens (tertiary/aromatic N) is 3. The van der Waals surface area contributed by atoms with E-state index in [0.717, 1.165) is 11.6 Å². The van der Waals surface area contributed by atoms with E-state index in [1.54, 1.807) is 0 Å². The molecule has 1 aromatic rings. The second kappa shape index (κ2) is 3.57. The molecule has 1 unspecified atom stereocenters. The number of aliphatic carboxylic acids is 1. The van der Waals surface area contributed by atoms with E-state index in [1.807, 2.05) is 4.68 Å². The van der Waals surface area contributed by atoms with Gasteiger partial charge in [0.15, 0.2) is 5.82 Å². The number of carboxylic acids is 1. The Morgan fingerprint density at radius 1 is 1.50 bits per heavy atom. The van der Waals surface area contributed by atoms with Crippen molar-refractivity contribution in [3.05, 3.63) is 11.6 Å². The first-order valence-electron chi connectivity index (χ1n) is 5.55. The fourth-order valence-electron chi connectivity index (χ4n) is 1.83. The zero-order valence-corrected chi connectivity index (χ0v) is 9.90. The maximum absolute atomic E-state index is 10.9. The summed E-state index contributed by atoms with van der Waals surface area (Å²) in [6.07, 6.45) is 1.15. The summed E-state index contributed by atoms with van der Waals surface area (Å²) in [5.41, 5.74) is -0.0803. The van der Waals surface area contributed by atoms with Crippen molar-refractivity contribution < 1.29 is 9.90 Å². The topological polar surface area (TPSA) is 68.0 Å². The van der Waals surface area contributed by atoms with Gasteiger partial charge < -0.3 is 5.11 Å². The molecule has 5 nitrogen and oxygen atoms in total. The fourth-order valence-corrected chi connectivity index (χ4v) is 1.83. The Morgan fingerprint density at radius 3 is 2.75 bits per heavy atom. The zero-order valence-electron chi connectivity index (χ0n) is 9.90. The van der Waals surface area contributed by atoms with Crippen molar-refractivity contribution in [2.45, 2.75) is 45.6 Å². The lowest BCUT2D eigenvalue weighted by Gasteiger charge is -2.17. The van der Waals surface area contributed by atoms with Crippen molar-refractivity contribution in [3.63, 3.8) is 0 Å². The van der Waals surface area contributed by atoms with Crippen LogP contribution in [-0.2, 0) is 23.2 Å². The van der Waals surface area contributed by atoms with Gasteiger partial charge in [-0.3, -0.25) is 4.79 Å². The third kappa shape index (κ3) is 1.94. The predicted octanol–water partition coefficient (Wildman–Crippen LogP) is 1.22. The van der Waals surface area contributed by atoms with Crippen molar-refractivity contribution in [2.24, 2.45) is 5.92 Å². The van der Waals surface area contributed by atoms with Crippen LogP contribution in [0.2, 0.25) is 0 Å². The average Bonchev–Trinajstić information content (AvgIpc) is 2.58. The molecule has 0 amide bonds. The molecule has 1 aliphatic rings. The minimum atomic E-state index is -0.730. The van der Waals surface area contributed by atoms with Crippen LogP contribution >= 0.6 is 0 Å². The molecule has 5 heteroatoms. The van der Waals surface area contributed by atoms with Crippen LogP contribution in [0.1, 0.15) is 38.8 Å². The standard InChI is InChI=1S/C11H17N3O2/c1-11(2,3)10-12-8-6-7(9(15)16)4-5-14(8)13-10/h7H,4-6H2,1-3H3,(H,15,16). The van der Waals surface area contributed by atoms with Crippen molar-refractivity contribution in [2.75, 3.05) is 0 Å². The summed E-state index contributed by atoms with van der Waals surface area (Å²) in [6.45, 7) is 6.84. The number of hydrogen-bond donors (Lipinski definition) is 1. The third-order valence-corrected chi connectivity index (χ3v) is 2.89. The van der Waals surface area contributed by atoms with Gasteiger partial charge in [-0.2, -0.15) is 5.10 Å². The van der Waals surface area contributed by atoms with Crippen LogP contribution in [0.5, 0.6) is 0 Å². The molecule has 0 aromatic carbocycles. The third-order valence-electron chi connectivity index (χ3n) is 2.89. The van der Waals surface area contributed by atoms with Gasteiger partial charge in [0.05, 0.1) is 5.92 Å². The van der Waals surface area contributed by atoms with Crippen LogP contribution in [0.4, 0.5) is 0 Å². The van der Waals surface area contributed by atoms with Crippen molar-refractivity contribution in [1.82, 2.24) is 14.8 Å². The molecule has 88 valence electrons. The number of aromatic nitrogens is 3. The molecule has 1 aromatic heterocycles. The summed E-state index contributed by atoms with van der Waals surface area (Å²) in [4.78, 5) is 15.4. The largest absolute Gasteiger partial charge is 0.481 e. The van der Waals surface area contributed by atoms with E-state index < -0.39 is 5.97 Å². The highest BCUT2D eigenvalue weighted by Crippen LogP contribution is 2.23. The highest BCUT2D eigenvalue weighted by Gasteiger charge is 2.29. The van der Waals surface area contributed by atoms with E-state index in [1.165, 1.54) is 0 Å². The number of fused-ring (bicyclic) bond motifs is 1. The van der Waals surface area contributed by atoms with Gasteiger partial charge in [0.1, 0.15) is 5.82 Å². The molecular weight excluding hydrogens is 206 g/mol. The summed E-state index contributed by atoms with van der Waals surface area (Å²) < 4.78 is 1.85. The van der Waals surface area contributed by atoms with E-state index in [0.29, 0.717) is 19.4 Å². The number of carbonyl (C=O) groups is 1. The molecule has 0 aliphatic carbocycles. The van der Waals surface area contributed by atoms with E-state index in [-0.39, 0.29) is 11.3 Å². The van der Waals surface area contributed by atoms with Gasteiger partial charge in [-0.15, -0.1) is 0 Å². The first-order valence-corrected chi connectivity index (χ1v) is 5.55. The van der Waals surface area contributed by atoms with Crippen molar-refractivity contribution >= 4 is 5.97 Å². The molecule has 1 aliphatic heterocycles. The second-order valence-electron chi connectivity index (χ2n) is 5.35. The molecule has 0 spiro atoms. The van der Waals surface area contributed by atoms with Gasteiger partial charge in [0, 0.05) is 18.4 Å². The molecule has 0 saturated heterocycles. The van der Waals surface area contributed by atoms with Gasteiger partial charge in [-0.05, 0) is 6.42 Å². The molecular formula is C11H17N3O2. The van der Waals surface area contributed by atoms with E-state index >= 15 is 0 Å². The lowest BCUT2D eigenvalue weighted by molar-refractivity contribution is -0.142. The van der Waals surface area contributed by atoms with Gasteiger partial charge in [-0.1, -0.05) is 20.8 Å². The van der Waals surface area contributed by atoms with E-state index in [2.05, 4.69) is 30.9 Å². The fraction of sp³-hybridized carbons (Fsp3) is 0.727. The summed E-state index contributed by atoms with van der Waals surface area (Å²) in [6, 6.07) is 0. The SMILES string of the molecule is CC(C)(C)c1nc2n(n1)CCC(C(=O)O)C2. The number of carboxylic acid groups (broad SMARTS) is 1. The Balaban J connectivity index is 2.27. The minimum absolute atomic E-state index is 0.0803. The van der Waals surface area contributed by atoms with Gasteiger partial charge in [-0.25, -0.2) is 9.67 Å². The number of rotatable bonds is 1. The van der Waals surface area contributed by atoms with E-state index in [4.69, 9.17) is 5.11 Å². The minimum Gasteiger partial charge on any atom is -0.481 e. The molecule has 16 heavy (non-hydrogen) atoms. The van der Waals surface area contributed by atoms with Crippen LogP contribution in [-0.4, -0.2) is 25.8 Å². The van der Waals surface area contributed by atoms with Crippen LogP contribution in [0, 0.1) is 5.92 Å².